The first kappa shape index (κ1) is 21.1. The Balaban J connectivity index is 0.000000263. The van der Waals surface area contributed by atoms with Gasteiger partial charge in [-0.3, -0.25) is 14.7 Å². The van der Waals surface area contributed by atoms with Gasteiger partial charge in [0.15, 0.2) is 4.98 Å². The molecule has 2 aromatic carbocycles. The fourth-order valence-corrected chi connectivity index (χ4v) is 2.86. The molecular formula is C13H11N3O8S2. The van der Waals surface area contributed by atoms with E-state index in [9.17, 15) is 31.5 Å². The highest BCUT2D eigenvalue weighted by Gasteiger charge is 2.12. The van der Waals surface area contributed by atoms with Crippen LogP contribution in [0.15, 0.2) is 52.3 Å². The number of nitro benzene ring substituents is 1. The first-order chi connectivity index (χ1) is 11.9. The molecule has 26 heavy (non-hydrogen) atoms. The van der Waals surface area contributed by atoms with E-state index in [-0.39, 0.29) is 16.1 Å². The van der Waals surface area contributed by atoms with E-state index in [0.29, 0.717) is 0 Å². The SMILES string of the molecule is Cc1ccc([N+](=O)[O-])cc1S(=O)(=O)[O-].N#[N+]c1ccc(S(=O)(=O)O)cc1. The molecule has 2 aromatic rings. The van der Waals surface area contributed by atoms with Gasteiger partial charge in [-0.05, 0) is 24.6 Å². The van der Waals surface area contributed by atoms with Crippen molar-refractivity contribution in [1.82, 2.24) is 0 Å². The monoisotopic (exact) mass is 401 g/mol. The molecule has 13 heteroatoms. The second kappa shape index (κ2) is 7.97. The molecule has 0 spiro atoms. The summed E-state index contributed by atoms with van der Waals surface area (Å²) in [4.78, 5) is 11.6. The fourth-order valence-electron chi connectivity index (χ4n) is 1.66. The fraction of sp³-hybridized carbons (Fsp3) is 0.0769. The number of benzene rings is 2. The minimum absolute atomic E-state index is 0.200. The Labute approximate surface area is 148 Å². The van der Waals surface area contributed by atoms with Crippen molar-refractivity contribution in [3.63, 3.8) is 0 Å². The van der Waals surface area contributed by atoms with E-state index in [2.05, 4.69) is 4.98 Å². The Morgan fingerprint density at radius 1 is 1.08 bits per heavy atom. The Kier molecular flexibility index (Phi) is 6.48. The Morgan fingerprint density at radius 3 is 2.00 bits per heavy atom. The van der Waals surface area contributed by atoms with E-state index >= 15 is 0 Å². The summed E-state index contributed by atoms with van der Waals surface area (Å²) in [5.74, 6) is 0. The van der Waals surface area contributed by atoms with Crippen LogP contribution in [0.25, 0.3) is 4.98 Å². The Hall–Kier alpha value is -2.92. The summed E-state index contributed by atoms with van der Waals surface area (Å²) in [5, 5.41) is 18.5. The lowest BCUT2D eigenvalue weighted by Crippen LogP contribution is -2.02. The molecule has 0 aliphatic carbocycles. The van der Waals surface area contributed by atoms with Crippen molar-refractivity contribution in [3.05, 3.63) is 63.1 Å². The molecule has 11 nitrogen and oxygen atoms in total. The smallest absolute Gasteiger partial charge is 0.385 e. The zero-order valence-corrected chi connectivity index (χ0v) is 14.6. The van der Waals surface area contributed by atoms with Gasteiger partial charge in [0.25, 0.3) is 15.8 Å². The Bertz CT molecular complexity index is 1070. The van der Waals surface area contributed by atoms with Gasteiger partial charge in [-0.2, -0.15) is 8.42 Å². The molecular weight excluding hydrogens is 390 g/mol. The second-order valence-corrected chi connectivity index (χ2v) is 7.50. The van der Waals surface area contributed by atoms with Crippen LogP contribution in [0, 0.1) is 22.4 Å². The second-order valence-electron chi connectivity index (χ2n) is 4.73. The minimum atomic E-state index is -4.64. The molecule has 0 aliphatic rings. The lowest BCUT2D eigenvalue weighted by Gasteiger charge is -2.09. The van der Waals surface area contributed by atoms with Crippen LogP contribution < -0.4 is 0 Å². The van der Waals surface area contributed by atoms with E-state index in [1.54, 1.807) is 0 Å². The predicted molar refractivity (Wildman–Crippen MR) is 86.8 cm³/mol. The standard InChI is InChI=1S/C7H7NO5S.C6H4N2O3S/c1-5-2-3-6(8(9)10)4-7(5)14(11,12)13;7-8-5-1-3-6(4-2-5)12(9,10)11/h2-4H,1H3,(H,11,12,13);1-4H. The molecule has 0 bridgehead atoms. The van der Waals surface area contributed by atoms with Gasteiger partial charge < -0.3 is 4.55 Å². The predicted octanol–water partition coefficient (Wildman–Crippen LogP) is 2.23. The molecule has 0 aromatic heterocycles. The van der Waals surface area contributed by atoms with Crippen molar-refractivity contribution in [2.45, 2.75) is 16.7 Å². The van der Waals surface area contributed by atoms with E-state index < -0.39 is 35.7 Å². The summed E-state index contributed by atoms with van der Waals surface area (Å²) < 4.78 is 61.5. The average molecular weight is 401 g/mol. The third-order valence-electron chi connectivity index (χ3n) is 2.90. The van der Waals surface area contributed by atoms with E-state index in [1.165, 1.54) is 25.1 Å². The number of hydrogen-bond donors (Lipinski definition) is 1. The molecule has 0 saturated heterocycles. The largest absolute Gasteiger partial charge is 0.744 e. The molecule has 0 saturated carbocycles. The maximum atomic E-state index is 10.7. The molecule has 1 N–H and O–H groups in total. The highest BCUT2D eigenvalue weighted by molar-refractivity contribution is 7.86. The zero-order valence-electron chi connectivity index (χ0n) is 13.0. The summed E-state index contributed by atoms with van der Waals surface area (Å²) in [7, 11) is -8.80. The van der Waals surface area contributed by atoms with Gasteiger partial charge in [0.2, 0.25) is 5.39 Å². The van der Waals surface area contributed by atoms with Gasteiger partial charge in [0.05, 0.1) is 14.7 Å². The van der Waals surface area contributed by atoms with Crippen LogP contribution in [0.1, 0.15) is 5.56 Å². The van der Waals surface area contributed by atoms with Crippen LogP contribution in [-0.4, -0.2) is 30.9 Å². The molecule has 0 atom stereocenters. The van der Waals surface area contributed by atoms with E-state index in [1.807, 2.05) is 0 Å². The molecule has 0 radical (unpaired) electrons. The van der Waals surface area contributed by atoms with Crippen LogP contribution in [0.5, 0.6) is 0 Å². The van der Waals surface area contributed by atoms with Gasteiger partial charge >= 0.3 is 5.69 Å². The maximum absolute atomic E-state index is 10.7. The average Bonchev–Trinajstić information content (AvgIpc) is 2.54. The number of diazo groups is 1. The summed E-state index contributed by atoms with van der Waals surface area (Å²) >= 11 is 0. The Morgan fingerprint density at radius 2 is 1.62 bits per heavy atom. The molecule has 2 rings (SSSR count). The molecule has 0 heterocycles. The first-order valence-electron chi connectivity index (χ1n) is 6.50. The van der Waals surface area contributed by atoms with Gasteiger partial charge in [0.1, 0.15) is 10.1 Å². The van der Waals surface area contributed by atoms with Gasteiger partial charge in [-0.1, -0.05) is 6.07 Å². The number of hydrogen-bond acceptors (Lipinski definition) is 8. The highest BCUT2D eigenvalue weighted by atomic mass is 32.2. The number of rotatable bonds is 3. The lowest BCUT2D eigenvalue weighted by atomic mass is 10.2. The van der Waals surface area contributed by atoms with Crippen LogP contribution >= 0.6 is 0 Å². The number of nitrogens with zero attached hydrogens (tertiary/aromatic N) is 3. The highest BCUT2D eigenvalue weighted by Crippen LogP contribution is 2.21. The van der Waals surface area contributed by atoms with Crippen molar-refractivity contribution >= 4 is 31.6 Å². The van der Waals surface area contributed by atoms with Crippen molar-refractivity contribution < 1.29 is 30.9 Å². The van der Waals surface area contributed by atoms with Crippen molar-refractivity contribution in [2.24, 2.45) is 0 Å². The van der Waals surface area contributed by atoms with Crippen molar-refractivity contribution in [2.75, 3.05) is 0 Å². The topological polar surface area (TPSA) is 183 Å². The van der Waals surface area contributed by atoms with Crippen LogP contribution in [0.2, 0.25) is 0 Å². The molecule has 0 aliphatic heterocycles. The summed E-state index contributed by atoms with van der Waals surface area (Å²) in [6.45, 7) is 1.40. The van der Waals surface area contributed by atoms with Gasteiger partial charge in [0, 0.05) is 24.3 Å². The molecule has 0 fully saturated rings. The van der Waals surface area contributed by atoms with Crippen LogP contribution in [0.4, 0.5) is 11.4 Å². The maximum Gasteiger partial charge on any atom is 0.385 e. The number of aryl methyl sites for hydroxylation is 1. The lowest BCUT2D eigenvalue weighted by molar-refractivity contribution is -0.385. The normalized spacial score (nSPS) is 11.0. The van der Waals surface area contributed by atoms with Crippen LogP contribution in [0.3, 0.4) is 0 Å². The molecule has 0 amide bonds. The minimum Gasteiger partial charge on any atom is -0.744 e. The van der Waals surface area contributed by atoms with Crippen molar-refractivity contribution in [1.29, 1.82) is 5.39 Å². The zero-order chi connectivity index (χ0) is 20.1. The molecule has 138 valence electrons. The number of nitro groups is 1. The summed E-state index contributed by atoms with van der Waals surface area (Å²) in [6, 6.07) is 7.95. The van der Waals surface area contributed by atoms with E-state index in [4.69, 9.17) is 9.95 Å². The van der Waals surface area contributed by atoms with Crippen molar-refractivity contribution in [3.8, 4) is 0 Å². The van der Waals surface area contributed by atoms with Gasteiger partial charge in [-0.25, -0.2) is 8.42 Å². The van der Waals surface area contributed by atoms with E-state index in [0.717, 1.165) is 24.3 Å². The first-order valence-corrected chi connectivity index (χ1v) is 9.34. The third kappa shape index (κ3) is 5.86. The summed E-state index contributed by atoms with van der Waals surface area (Å²) in [5.41, 5.74) is 0.0121. The van der Waals surface area contributed by atoms with Gasteiger partial charge in [-0.15, -0.1) is 0 Å². The molecule has 0 unspecified atom stereocenters. The van der Waals surface area contributed by atoms with Crippen LogP contribution in [-0.2, 0) is 20.2 Å². The quantitative estimate of drug-likeness (QED) is 0.348. The number of non-ortho nitro benzene ring substituents is 1. The third-order valence-corrected chi connectivity index (χ3v) is 4.75. The summed E-state index contributed by atoms with van der Waals surface area (Å²) in [6.07, 6.45) is 0.